The summed E-state index contributed by atoms with van der Waals surface area (Å²) < 4.78 is 5.46. The highest BCUT2D eigenvalue weighted by Gasteiger charge is 2.26. The highest BCUT2D eigenvalue weighted by molar-refractivity contribution is 5.67. The van der Waals surface area contributed by atoms with Crippen molar-refractivity contribution in [2.24, 2.45) is 17.6 Å². The molecular formula is C22H36N2O3. The summed E-state index contributed by atoms with van der Waals surface area (Å²) in [6.07, 6.45) is 5.95. The molecule has 1 amide bonds. The van der Waals surface area contributed by atoms with Crippen molar-refractivity contribution in [1.29, 1.82) is 0 Å². The number of aliphatic hydroxyl groups is 1. The average molecular weight is 377 g/mol. The van der Waals surface area contributed by atoms with E-state index in [0.29, 0.717) is 12.5 Å². The molecule has 5 heteroatoms. The molecule has 0 unspecified atom stereocenters. The monoisotopic (exact) mass is 376 g/mol. The van der Waals surface area contributed by atoms with Gasteiger partial charge in [0, 0.05) is 12.6 Å². The smallest absolute Gasteiger partial charge is 0.410 e. The molecule has 0 bridgehead atoms. The number of carbonyl (C=O) groups is 1. The van der Waals surface area contributed by atoms with Crippen LogP contribution in [0, 0.1) is 11.8 Å². The van der Waals surface area contributed by atoms with Crippen molar-refractivity contribution in [1.82, 2.24) is 4.90 Å². The van der Waals surface area contributed by atoms with Gasteiger partial charge in [0.1, 0.15) is 6.61 Å². The first kappa shape index (κ1) is 21.7. The van der Waals surface area contributed by atoms with Crippen LogP contribution in [-0.4, -0.2) is 41.3 Å². The summed E-state index contributed by atoms with van der Waals surface area (Å²) in [6.45, 7) is 5.09. The molecule has 27 heavy (non-hydrogen) atoms. The molecular weight excluding hydrogens is 340 g/mol. The maximum atomic E-state index is 12.6. The molecule has 2 atom stereocenters. The summed E-state index contributed by atoms with van der Waals surface area (Å²) in [5.74, 6) is 0.892. The van der Waals surface area contributed by atoms with Crippen molar-refractivity contribution < 1.29 is 14.6 Å². The molecule has 3 N–H and O–H groups in total. The third-order valence-corrected chi connectivity index (χ3v) is 5.28. The maximum Gasteiger partial charge on any atom is 0.410 e. The highest BCUT2D eigenvalue weighted by atomic mass is 16.6. The molecule has 0 radical (unpaired) electrons. The van der Waals surface area contributed by atoms with Crippen LogP contribution in [0.15, 0.2) is 30.3 Å². The lowest BCUT2D eigenvalue weighted by atomic mass is 9.84. The second-order valence-corrected chi connectivity index (χ2v) is 8.31. The van der Waals surface area contributed by atoms with Gasteiger partial charge in [-0.25, -0.2) is 4.79 Å². The first-order chi connectivity index (χ1) is 13.0. The molecule has 1 fully saturated rings. The van der Waals surface area contributed by atoms with E-state index < -0.39 is 12.2 Å². The Bertz CT molecular complexity index is 544. The summed E-state index contributed by atoms with van der Waals surface area (Å²) in [5.41, 5.74) is 7.21. The van der Waals surface area contributed by atoms with E-state index in [2.05, 4.69) is 0 Å². The van der Waals surface area contributed by atoms with E-state index in [9.17, 15) is 9.90 Å². The van der Waals surface area contributed by atoms with Crippen LogP contribution in [0.25, 0.3) is 0 Å². The topological polar surface area (TPSA) is 75.8 Å². The molecule has 1 aliphatic rings. The Balaban J connectivity index is 1.86. The second kappa shape index (κ2) is 11.3. The predicted octanol–water partition coefficient (Wildman–Crippen LogP) is 3.94. The molecule has 0 heterocycles. The lowest BCUT2D eigenvalue weighted by Gasteiger charge is -2.31. The lowest BCUT2D eigenvalue weighted by Crippen LogP contribution is -2.47. The van der Waals surface area contributed by atoms with E-state index in [4.69, 9.17) is 10.5 Å². The fourth-order valence-corrected chi connectivity index (χ4v) is 3.80. The van der Waals surface area contributed by atoms with Crippen LogP contribution in [0.4, 0.5) is 4.79 Å². The molecule has 0 saturated heterocycles. The van der Waals surface area contributed by atoms with E-state index in [-0.39, 0.29) is 25.1 Å². The molecule has 0 aliphatic heterocycles. The number of hydrogen-bond acceptors (Lipinski definition) is 4. The van der Waals surface area contributed by atoms with Gasteiger partial charge in [-0.2, -0.15) is 0 Å². The molecule has 1 saturated carbocycles. The van der Waals surface area contributed by atoms with Crippen molar-refractivity contribution in [2.75, 3.05) is 13.1 Å². The quantitative estimate of drug-likeness (QED) is 0.684. The first-order valence-electron chi connectivity index (χ1n) is 10.3. The number of amides is 1. The van der Waals surface area contributed by atoms with Crippen LogP contribution in [-0.2, 0) is 11.3 Å². The molecule has 2 rings (SSSR count). The van der Waals surface area contributed by atoms with Gasteiger partial charge >= 0.3 is 6.09 Å². The Kier molecular flexibility index (Phi) is 9.08. The number of carbonyl (C=O) groups excluding carboxylic acids is 1. The zero-order chi connectivity index (χ0) is 19.6. The Morgan fingerprint density at radius 1 is 1.19 bits per heavy atom. The number of nitrogens with two attached hydrogens (primary N) is 1. The highest BCUT2D eigenvalue weighted by Crippen LogP contribution is 2.27. The zero-order valence-corrected chi connectivity index (χ0v) is 16.8. The summed E-state index contributed by atoms with van der Waals surface area (Å²) in [5, 5.41) is 10.6. The summed E-state index contributed by atoms with van der Waals surface area (Å²) in [6, 6.07) is 9.32. The molecule has 0 aromatic heterocycles. The average Bonchev–Trinajstić information content (AvgIpc) is 2.66. The van der Waals surface area contributed by atoms with Gasteiger partial charge in [0.15, 0.2) is 0 Å². The van der Waals surface area contributed by atoms with E-state index in [1.807, 2.05) is 44.2 Å². The van der Waals surface area contributed by atoms with E-state index >= 15 is 0 Å². The number of ether oxygens (including phenoxy) is 1. The van der Waals surface area contributed by atoms with Crippen LogP contribution >= 0.6 is 0 Å². The summed E-state index contributed by atoms with van der Waals surface area (Å²) in [7, 11) is 0. The van der Waals surface area contributed by atoms with E-state index in [0.717, 1.165) is 12.0 Å². The number of aliphatic hydroxyl groups excluding tert-OH is 1. The van der Waals surface area contributed by atoms with Crippen molar-refractivity contribution in [3.63, 3.8) is 0 Å². The van der Waals surface area contributed by atoms with Crippen LogP contribution in [0.1, 0.15) is 57.9 Å². The van der Waals surface area contributed by atoms with Crippen LogP contribution < -0.4 is 5.73 Å². The van der Waals surface area contributed by atoms with Crippen molar-refractivity contribution in [3.05, 3.63) is 35.9 Å². The van der Waals surface area contributed by atoms with E-state index in [1.54, 1.807) is 4.90 Å². The Morgan fingerprint density at radius 3 is 2.48 bits per heavy atom. The number of benzene rings is 1. The first-order valence-corrected chi connectivity index (χ1v) is 10.3. The minimum atomic E-state index is -0.727. The van der Waals surface area contributed by atoms with Gasteiger partial charge in [-0.15, -0.1) is 0 Å². The normalized spacial score (nSPS) is 17.5. The summed E-state index contributed by atoms with van der Waals surface area (Å²) >= 11 is 0. The van der Waals surface area contributed by atoms with Crippen molar-refractivity contribution >= 4 is 6.09 Å². The molecule has 1 aromatic rings. The number of nitrogens with zero attached hydrogens (tertiary/aromatic N) is 1. The van der Waals surface area contributed by atoms with Crippen LogP contribution in [0.5, 0.6) is 0 Å². The van der Waals surface area contributed by atoms with Gasteiger partial charge in [0.05, 0.1) is 12.6 Å². The largest absolute Gasteiger partial charge is 0.445 e. The van der Waals surface area contributed by atoms with Gasteiger partial charge in [-0.05, 0) is 23.8 Å². The van der Waals surface area contributed by atoms with Gasteiger partial charge in [-0.3, -0.25) is 0 Å². The Morgan fingerprint density at radius 2 is 1.85 bits per heavy atom. The summed E-state index contributed by atoms with van der Waals surface area (Å²) in [4.78, 5) is 14.1. The fraction of sp³-hybridized carbons (Fsp3) is 0.682. The number of hydrogen-bond donors (Lipinski definition) is 2. The number of rotatable bonds is 9. The maximum absolute atomic E-state index is 12.6. The SMILES string of the molecule is CC(C)CN(C[C@@H](O)[C@@H](N)CC1CCCCC1)C(=O)OCc1ccccc1. The zero-order valence-electron chi connectivity index (χ0n) is 16.8. The molecule has 0 spiro atoms. The van der Waals surface area contributed by atoms with Crippen LogP contribution in [0.3, 0.4) is 0 Å². The van der Waals surface area contributed by atoms with E-state index in [1.165, 1.54) is 32.1 Å². The Hall–Kier alpha value is -1.59. The third-order valence-electron chi connectivity index (χ3n) is 5.28. The molecule has 152 valence electrons. The fourth-order valence-electron chi connectivity index (χ4n) is 3.80. The molecule has 5 nitrogen and oxygen atoms in total. The molecule has 1 aliphatic carbocycles. The van der Waals surface area contributed by atoms with Crippen molar-refractivity contribution in [2.45, 2.75) is 71.1 Å². The minimum absolute atomic E-state index is 0.222. The third kappa shape index (κ3) is 7.89. The van der Waals surface area contributed by atoms with Crippen molar-refractivity contribution in [3.8, 4) is 0 Å². The van der Waals surface area contributed by atoms with Crippen LogP contribution in [0.2, 0.25) is 0 Å². The van der Waals surface area contributed by atoms with Gasteiger partial charge in [-0.1, -0.05) is 76.3 Å². The lowest BCUT2D eigenvalue weighted by molar-refractivity contribution is 0.0520. The van der Waals surface area contributed by atoms with Gasteiger partial charge in [0.25, 0.3) is 0 Å². The van der Waals surface area contributed by atoms with Gasteiger partial charge < -0.3 is 20.5 Å². The molecule has 1 aromatic carbocycles. The van der Waals surface area contributed by atoms with Gasteiger partial charge in [0.2, 0.25) is 0 Å². The Labute approximate surface area is 163 Å². The standard InChI is InChI=1S/C22H36N2O3/c1-17(2)14-24(22(26)27-16-19-11-7-4-8-12-19)15-21(25)20(23)13-18-9-5-3-6-10-18/h4,7-8,11-12,17-18,20-21,25H,3,5-6,9-10,13-16,23H2,1-2H3/t20-,21+/m0/s1. The second-order valence-electron chi connectivity index (χ2n) is 8.31. The minimum Gasteiger partial charge on any atom is -0.445 e. The predicted molar refractivity (Wildman–Crippen MR) is 108 cm³/mol.